The molecule has 3 atom stereocenters. The molecule has 118 valence electrons. The van der Waals surface area contributed by atoms with Gasteiger partial charge in [-0.2, -0.15) is 0 Å². The van der Waals surface area contributed by atoms with Crippen LogP contribution < -0.4 is 5.32 Å². The van der Waals surface area contributed by atoms with Crippen molar-refractivity contribution >= 4 is 0 Å². The van der Waals surface area contributed by atoms with Crippen LogP contribution in [0.4, 0.5) is 0 Å². The van der Waals surface area contributed by atoms with Crippen LogP contribution in [0.15, 0.2) is 0 Å². The van der Waals surface area contributed by atoms with Crippen molar-refractivity contribution in [2.45, 2.75) is 83.3 Å². The molecule has 3 unspecified atom stereocenters. The number of rotatable bonds is 8. The van der Waals surface area contributed by atoms with Crippen LogP contribution in [0.3, 0.4) is 0 Å². The van der Waals surface area contributed by atoms with Crippen molar-refractivity contribution < 1.29 is 5.11 Å². The maximum Gasteiger partial charge on any atom is 0.0613 e. The molecule has 1 aliphatic heterocycles. The molecule has 0 spiro atoms. The van der Waals surface area contributed by atoms with Crippen molar-refractivity contribution in [1.82, 2.24) is 10.2 Å². The van der Waals surface area contributed by atoms with E-state index in [4.69, 9.17) is 0 Å². The van der Waals surface area contributed by atoms with Gasteiger partial charge in [0, 0.05) is 17.6 Å². The van der Waals surface area contributed by atoms with E-state index in [1.807, 2.05) is 0 Å². The fourth-order valence-corrected chi connectivity index (χ4v) is 3.66. The van der Waals surface area contributed by atoms with Gasteiger partial charge in [-0.3, -0.25) is 0 Å². The number of hydrogen-bond donors (Lipinski definition) is 2. The van der Waals surface area contributed by atoms with Gasteiger partial charge in [0.2, 0.25) is 0 Å². The first kappa shape index (κ1) is 16.3. The summed E-state index contributed by atoms with van der Waals surface area (Å²) in [5.74, 6) is 0.893. The molecule has 1 aliphatic carbocycles. The maximum absolute atomic E-state index is 9.80. The summed E-state index contributed by atoms with van der Waals surface area (Å²) < 4.78 is 0. The molecule has 3 heteroatoms. The standard InChI is InChI=1S/C17H34N2O/c1-4-17(13-20,18-16-6-7-16)9-5-10-19-11-8-14(2)12-15(19)3/h14-16,18,20H,4-13H2,1-3H3. The lowest BCUT2D eigenvalue weighted by molar-refractivity contribution is 0.108. The minimum absolute atomic E-state index is 0.0204. The first-order chi connectivity index (χ1) is 9.58. The molecule has 20 heavy (non-hydrogen) atoms. The molecule has 2 N–H and O–H groups in total. The van der Waals surface area contributed by atoms with Gasteiger partial charge in [-0.15, -0.1) is 0 Å². The minimum atomic E-state index is -0.0204. The van der Waals surface area contributed by atoms with Crippen LogP contribution in [-0.4, -0.2) is 47.3 Å². The Morgan fingerprint density at radius 2 is 2.00 bits per heavy atom. The number of nitrogens with zero attached hydrogens (tertiary/aromatic N) is 1. The summed E-state index contributed by atoms with van der Waals surface area (Å²) >= 11 is 0. The highest BCUT2D eigenvalue weighted by atomic mass is 16.3. The van der Waals surface area contributed by atoms with Gasteiger partial charge >= 0.3 is 0 Å². The van der Waals surface area contributed by atoms with Crippen molar-refractivity contribution in [3.05, 3.63) is 0 Å². The topological polar surface area (TPSA) is 35.5 Å². The summed E-state index contributed by atoms with van der Waals surface area (Å²) in [6.45, 7) is 9.69. The third-order valence-electron chi connectivity index (χ3n) is 5.44. The molecular formula is C17H34N2O. The summed E-state index contributed by atoms with van der Waals surface area (Å²) in [6, 6.07) is 1.41. The molecule has 3 nitrogen and oxygen atoms in total. The minimum Gasteiger partial charge on any atom is -0.394 e. The number of piperidine rings is 1. The van der Waals surface area contributed by atoms with Crippen LogP contribution in [-0.2, 0) is 0 Å². The largest absolute Gasteiger partial charge is 0.394 e. The predicted molar refractivity (Wildman–Crippen MR) is 84.9 cm³/mol. The van der Waals surface area contributed by atoms with Gasteiger partial charge in [0.15, 0.2) is 0 Å². The lowest BCUT2D eigenvalue weighted by atomic mass is 9.89. The van der Waals surface area contributed by atoms with Gasteiger partial charge in [0.1, 0.15) is 0 Å². The molecule has 0 aromatic heterocycles. The first-order valence-electron chi connectivity index (χ1n) is 8.71. The van der Waals surface area contributed by atoms with E-state index in [1.54, 1.807) is 0 Å². The van der Waals surface area contributed by atoms with Gasteiger partial charge in [-0.25, -0.2) is 0 Å². The number of aliphatic hydroxyl groups excluding tert-OH is 1. The zero-order valence-corrected chi connectivity index (χ0v) is 13.7. The normalized spacial score (nSPS) is 31.2. The Morgan fingerprint density at radius 1 is 1.25 bits per heavy atom. The summed E-state index contributed by atoms with van der Waals surface area (Å²) in [6.07, 6.45) is 8.63. The van der Waals surface area contributed by atoms with Gasteiger partial charge in [-0.05, 0) is 70.9 Å². The van der Waals surface area contributed by atoms with Crippen LogP contribution in [0, 0.1) is 5.92 Å². The van der Waals surface area contributed by atoms with Gasteiger partial charge in [-0.1, -0.05) is 13.8 Å². The second-order valence-corrected chi connectivity index (χ2v) is 7.33. The molecule has 0 aromatic carbocycles. The van der Waals surface area contributed by atoms with E-state index >= 15 is 0 Å². The monoisotopic (exact) mass is 282 g/mol. The fourth-order valence-electron chi connectivity index (χ4n) is 3.66. The highest BCUT2D eigenvalue weighted by molar-refractivity contribution is 4.94. The Hall–Kier alpha value is -0.120. The van der Waals surface area contributed by atoms with Crippen LogP contribution in [0.1, 0.15) is 65.7 Å². The first-order valence-corrected chi connectivity index (χ1v) is 8.71. The highest BCUT2D eigenvalue weighted by Crippen LogP contribution is 2.28. The van der Waals surface area contributed by atoms with Crippen molar-refractivity contribution in [3.63, 3.8) is 0 Å². The van der Waals surface area contributed by atoms with E-state index in [0.717, 1.165) is 24.8 Å². The second-order valence-electron chi connectivity index (χ2n) is 7.33. The smallest absolute Gasteiger partial charge is 0.0613 e. The van der Waals surface area contributed by atoms with E-state index in [-0.39, 0.29) is 12.1 Å². The molecule has 2 rings (SSSR count). The van der Waals surface area contributed by atoms with E-state index in [9.17, 15) is 5.11 Å². The van der Waals surface area contributed by atoms with Crippen LogP contribution in [0.5, 0.6) is 0 Å². The zero-order chi connectivity index (χ0) is 14.6. The molecular weight excluding hydrogens is 248 g/mol. The molecule has 1 saturated heterocycles. The lowest BCUT2D eigenvalue weighted by Gasteiger charge is -2.38. The predicted octanol–water partition coefficient (Wildman–Crippen LogP) is 2.78. The quantitative estimate of drug-likeness (QED) is 0.718. The Labute approximate surface area is 125 Å². The van der Waals surface area contributed by atoms with E-state index in [2.05, 4.69) is 31.0 Å². The van der Waals surface area contributed by atoms with Crippen LogP contribution >= 0.6 is 0 Å². The average molecular weight is 282 g/mol. The van der Waals surface area contributed by atoms with Gasteiger partial charge < -0.3 is 15.3 Å². The summed E-state index contributed by atoms with van der Waals surface area (Å²) in [4.78, 5) is 2.65. The van der Waals surface area contributed by atoms with Crippen molar-refractivity contribution in [2.24, 2.45) is 5.92 Å². The fraction of sp³-hybridized carbons (Fsp3) is 1.00. The van der Waals surface area contributed by atoms with Crippen molar-refractivity contribution in [1.29, 1.82) is 0 Å². The molecule has 0 bridgehead atoms. The van der Waals surface area contributed by atoms with E-state index in [1.165, 1.54) is 45.2 Å². The molecule has 0 aromatic rings. The van der Waals surface area contributed by atoms with Crippen molar-refractivity contribution in [3.8, 4) is 0 Å². The van der Waals surface area contributed by atoms with Gasteiger partial charge in [0.25, 0.3) is 0 Å². The molecule has 0 radical (unpaired) electrons. The van der Waals surface area contributed by atoms with Crippen LogP contribution in [0.2, 0.25) is 0 Å². The Kier molecular flexibility index (Phi) is 5.88. The number of aliphatic hydroxyl groups is 1. The third-order valence-corrected chi connectivity index (χ3v) is 5.44. The van der Waals surface area contributed by atoms with Crippen LogP contribution in [0.25, 0.3) is 0 Å². The van der Waals surface area contributed by atoms with Gasteiger partial charge in [0.05, 0.1) is 6.61 Å². The SMILES string of the molecule is CCC(CO)(CCCN1CCC(C)CC1C)NC1CC1. The average Bonchev–Trinajstić information content (AvgIpc) is 3.24. The van der Waals surface area contributed by atoms with E-state index < -0.39 is 0 Å². The number of hydrogen-bond acceptors (Lipinski definition) is 3. The maximum atomic E-state index is 9.80. The highest BCUT2D eigenvalue weighted by Gasteiger charge is 2.34. The Morgan fingerprint density at radius 3 is 2.55 bits per heavy atom. The summed E-state index contributed by atoms with van der Waals surface area (Å²) in [5.41, 5.74) is -0.0204. The molecule has 2 fully saturated rings. The molecule has 1 saturated carbocycles. The summed E-state index contributed by atoms with van der Waals surface area (Å²) in [7, 11) is 0. The molecule has 1 heterocycles. The van der Waals surface area contributed by atoms with Crippen molar-refractivity contribution in [2.75, 3.05) is 19.7 Å². The number of likely N-dealkylation sites (tertiary alicyclic amines) is 1. The summed E-state index contributed by atoms with van der Waals surface area (Å²) in [5, 5.41) is 13.5. The zero-order valence-electron chi connectivity index (χ0n) is 13.7. The second kappa shape index (κ2) is 7.24. The molecule has 2 aliphatic rings. The van der Waals surface area contributed by atoms with E-state index in [0.29, 0.717) is 6.04 Å². The Balaban J connectivity index is 1.74. The third kappa shape index (κ3) is 4.44. The Bertz CT molecular complexity index is 287. The number of nitrogens with one attached hydrogen (secondary N) is 1. The lowest BCUT2D eigenvalue weighted by Crippen LogP contribution is -2.50. The molecule has 0 amide bonds.